The Labute approximate surface area is 206 Å². The third-order valence-electron chi connectivity index (χ3n) is 5.87. The maximum Gasteiger partial charge on any atom is 0.191 e. The first-order valence-corrected chi connectivity index (χ1v) is 12.1. The number of hydrogen-bond donors (Lipinski definition) is 0. The van der Waals surface area contributed by atoms with E-state index in [4.69, 9.17) is 23.7 Å². The van der Waals surface area contributed by atoms with Crippen LogP contribution in [0.15, 0.2) is 91.0 Å². The molecule has 1 saturated heterocycles. The zero-order valence-electron chi connectivity index (χ0n) is 20.0. The van der Waals surface area contributed by atoms with E-state index in [9.17, 15) is 0 Å². The molecule has 0 aliphatic carbocycles. The van der Waals surface area contributed by atoms with E-state index in [1.54, 1.807) is 0 Å². The van der Waals surface area contributed by atoms with Gasteiger partial charge in [-0.2, -0.15) is 0 Å². The summed E-state index contributed by atoms with van der Waals surface area (Å²) in [6.07, 6.45) is -4.69. The second kappa shape index (κ2) is 13.5. The number of hydrogen-bond acceptors (Lipinski definition) is 5. The summed E-state index contributed by atoms with van der Waals surface area (Å²) in [4.78, 5) is 0. The zero-order chi connectivity index (χ0) is 24.3. The molecule has 6 heteroatoms. The van der Waals surface area contributed by atoms with Crippen molar-refractivity contribution in [3.8, 4) is 0 Å². The van der Waals surface area contributed by atoms with Crippen LogP contribution < -0.4 is 0 Å². The standard InChI is InChI=1S/C29H33FO5/c1-2-32-29-26(30)28(34-20-24-16-10-5-11-17-24)27(33-19-23-14-8-4-9-15-23)25(35-29)21-31-18-22-12-6-3-7-13-22/h3-17,25-29H,2,18-21H2,1H3/t25-,26-,27+,28-,29-/m1/s1. The molecule has 0 amide bonds. The molecule has 5 atom stereocenters. The van der Waals surface area contributed by atoms with Gasteiger partial charge in [0.05, 0.1) is 26.4 Å². The summed E-state index contributed by atoms with van der Waals surface area (Å²) in [5, 5.41) is 0. The van der Waals surface area contributed by atoms with Gasteiger partial charge in [0, 0.05) is 6.61 Å². The molecule has 5 nitrogen and oxygen atoms in total. The predicted octanol–water partition coefficient (Wildman–Crippen LogP) is 5.47. The lowest BCUT2D eigenvalue weighted by Gasteiger charge is -2.43. The molecule has 1 fully saturated rings. The SMILES string of the molecule is CCO[C@@H]1O[C@H](COCc2ccccc2)[C@H](OCc2ccccc2)[C@H](OCc2ccccc2)[C@H]1F. The number of alkyl halides is 1. The van der Waals surface area contributed by atoms with Gasteiger partial charge in [0.15, 0.2) is 12.5 Å². The van der Waals surface area contributed by atoms with E-state index in [1.807, 2.05) is 97.9 Å². The first-order valence-electron chi connectivity index (χ1n) is 12.1. The van der Waals surface area contributed by atoms with Crippen molar-refractivity contribution in [1.82, 2.24) is 0 Å². The molecule has 0 aromatic heterocycles. The Morgan fingerprint density at radius 2 is 1.14 bits per heavy atom. The highest BCUT2D eigenvalue weighted by molar-refractivity contribution is 5.15. The van der Waals surface area contributed by atoms with Crippen molar-refractivity contribution in [3.63, 3.8) is 0 Å². The summed E-state index contributed by atoms with van der Waals surface area (Å²) in [6.45, 7) is 3.34. The van der Waals surface area contributed by atoms with Gasteiger partial charge in [-0.15, -0.1) is 0 Å². The normalized spacial score (nSPS) is 24.3. The first kappa shape index (κ1) is 25.5. The van der Waals surface area contributed by atoms with Crippen LogP contribution in [0.25, 0.3) is 0 Å². The van der Waals surface area contributed by atoms with Gasteiger partial charge in [-0.05, 0) is 23.6 Å². The van der Waals surface area contributed by atoms with Gasteiger partial charge in [0.1, 0.15) is 18.3 Å². The highest BCUT2D eigenvalue weighted by Crippen LogP contribution is 2.30. The van der Waals surface area contributed by atoms with Crippen LogP contribution in [0.1, 0.15) is 23.6 Å². The van der Waals surface area contributed by atoms with E-state index >= 15 is 4.39 Å². The van der Waals surface area contributed by atoms with Crippen molar-refractivity contribution < 1.29 is 28.1 Å². The third kappa shape index (κ3) is 7.43. The molecule has 0 radical (unpaired) electrons. The number of ether oxygens (including phenoxy) is 5. The van der Waals surface area contributed by atoms with E-state index in [0.29, 0.717) is 19.8 Å². The molecule has 1 aliphatic heterocycles. The van der Waals surface area contributed by atoms with Crippen LogP contribution in [0.4, 0.5) is 4.39 Å². The summed E-state index contributed by atoms with van der Waals surface area (Å²) in [5.41, 5.74) is 2.99. The Balaban J connectivity index is 1.50. The molecule has 3 aromatic rings. The predicted molar refractivity (Wildman–Crippen MR) is 131 cm³/mol. The van der Waals surface area contributed by atoms with E-state index in [0.717, 1.165) is 16.7 Å². The van der Waals surface area contributed by atoms with Crippen molar-refractivity contribution in [2.24, 2.45) is 0 Å². The van der Waals surface area contributed by atoms with Crippen LogP contribution in [0.5, 0.6) is 0 Å². The van der Waals surface area contributed by atoms with Crippen LogP contribution in [0, 0.1) is 0 Å². The average molecular weight is 481 g/mol. The van der Waals surface area contributed by atoms with Crippen molar-refractivity contribution in [1.29, 1.82) is 0 Å². The molecule has 186 valence electrons. The Morgan fingerprint density at radius 1 is 0.657 bits per heavy atom. The van der Waals surface area contributed by atoms with Gasteiger partial charge in [0.25, 0.3) is 0 Å². The fraction of sp³-hybridized carbons (Fsp3) is 0.379. The van der Waals surface area contributed by atoms with Gasteiger partial charge in [-0.3, -0.25) is 0 Å². The van der Waals surface area contributed by atoms with E-state index in [-0.39, 0.29) is 13.2 Å². The highest BCUT2D eigenvalue weighted by atomic mass is 19.1. The highest BCUT2D eigenvalue weighted by Gasteiger charge is 2.48. The second-order valence-electron chi connectivity index (χ2n) is 8.47. The van der Waals surface area contributed by atoms with Gasteiger partial charge in [-0.1, -0.05) is 91.0 Å². The lowest BCUT2D eigenvalue weighted by Crippen LogP contribution is -2.59. The first-order chi connectivity index (χ1) is 17.2. The summed E-state index contributed by atoms with van der Waals surface area (Å²) < 4.78 is 45.6. The van der Waals surface area contributed by atoms with Crippen molar-refractivity contribution in [2.75, 3.05) is 13.2 Å². The lowest BCUT2D eigenvalue weighted by atomic mass is 9.99. The maximum absolute atomic E-state index is 15.6. The van der Waals surface area contributed by atoms with Crippen LogP contribution in [0.2, 0.25) is 0 Å². The van der Waals surface area contributed by atoms with Crippen molar-refractivity contribution in [3.05, 3.63) is 108 Å². The number of benzene rings is 3. The Morgan fingerprint density at radius 3 is 1.66 bits per heavy atom. The van der Waals surface area contributed by atoms with E-state index < -0.39 is 30.8 Å². The molecule has 4 rings (SSSR count). The van der Waals surface area contributed by atoms with Crippen molar-refractivity contribution in [2.45, 2.75) is 57.5 Å². The Bertz CT molecular complexity index is 972. The largest absolute Gasteiger partial charge is 0.374 e. The van der Waals surface area contributed by atoms with E-state index in [1.165, 1.54) is 0 Å². The Hall–Kier alpha value is -2.61. The lowest BCUT2D eigenvalue weighted by molar-refractivity contribution is -0.305. The molecular formula is C29H33FO5. The molecular weight excluding hydrogens is 447 g/mol. The number of halogens is 1. The zero-order valence-corrected chi connectivity index (χ0v) is 20.0. The minimum atomic E-state index is -1.51. The molecule has 0 N–H and O–H groups in total. The summed E-state index contributed by atoms with van der Waals surface area (Å²) >= 11 is 0. The van der Waals surface area contributed by atoms with Gasteiger partial charge < -0.3 is 23.7 Å². The topological polar surface area (TPSA) is 46.2 Å². The van der Waals surface area contributed by atoms with Crippen LogP contribution in [-0.2, 0) is 43.5 Å². The molecule has 1 aliphatic rings. The molecule has 0 spiro atoms. The van der Waals surface area contributed by atoms with Crippen LogP contribution in [-0.4, -0.2) is 44.0 Å². The van der Waals surface area contributed by atoms with Crippen LogP contribution >= 0.6 is 0 Å². The summed E-state index contributed by atoms with van der Waals surface area (Å²) in [7, 11) is 0. The fourth-order valence-corrected chi connectivity index (χ4v) is 4.09. The van der Waals surface area contributed by atoms with Crippen molar-refractivity contribution >= 4 is 0 Å². The molecule has 0 bridgehead atoms. The van der Waals surface area contributed by atoms with Gasteiger partial charge in [-0.25, -0.2) is 4.39 Å². The third-order valence-corrected chi connectivity index (χ3v) is 5.87. The quantitative estimate of drug-likeness (QED) is 0.344. The summed E-state index contributed by atoms with van der Waals surface area (Å²) in [6, 6.07) is 29.4. The van der Waals surface area contributed by atoms with Gasteiger partial charge >= 0.3 is 0 Å². The second-order valence-corrected chi connectivity index (χ2v) is 8.47. The molecule has 35 heavy (non-hydrogen) atoms. The number of rotatable bonds is 12. The average Bonchev–Trinajstić information content (AvgIpc) is 2.90. The summed E-state index contributed by atoms with van der Waals surface area (Å²) in [5.74, 6) is 0. The minimum Gasteiger partial charge on any atom is -0.374 e. The molecule has 0 unspecified atom stereocenters. The van der Waals surface area contributed by atoms with Crippen LogP contribution in [0.3, 0.4) is 0 Å². The van der Waals surface area contributed by atoms with Gasteiger partial charge in [0.2, 0.25) is 0 Å². The fourth-order valence-electron chi connectivity index (χ4n) is 4.09. The smallest absolute Gasteiger partial charge is 0.191 e. The maximum atomic E-state index is 15.6. The minimum absolute atomic E-state index is 0.218. The van der Waals surface area contributed by atoms with E-state index in [2.05, 4.69) is 0 Å². The molecule has 1 heterocycles. The Kier molecular flexibility index (Phi) is 9.81. The molecule has 3 aromatic carbocycles. The molecule has 0 saturated carbocycles. The monoisotopic (exact) mass is 480 g/mol.